The van der Waals surface area contributed by atoms with Crippen LogP contribution in [0.25, 0.3) is 0 Å². The molecule has 0 spiro atoms. The number of hydrazine groups is 1. The number of nitrogens with zero attached hydrogens (tertiary/aromatic N) is 4. The lowest BCUT2D eigenvalue weighted by molar-refractivity contribution is -0.00547. The molecule has 0 amide bonds. The van der Waals surface area contributed by atoms with E-state index in [9.17, 15) is 0 Å². The van der Waals surface area contributed by atoms with Crippen LogP contribution in [0, 0.1) is 5.92 Å². The Labute approximate surface area is 183 Å². The molecule has 2 saturated heterocycles. The largest absolute Gasteiger partial charge is 0.481 e. The van der Waals surface area contributed by atoms with Gasteiger partial charge in [-0.3, -0.25) is 5.43 Å². The van der Waals surface area contributed by atoms with Crippen molar-refractivity contribution in [3.05, 3.63) is 42.0 Å². The predicted octanol–water partition coefficient (Wildman–Crippen LogP) is 2.60. The van der Waals surface area contributed by atoms with Gasteiger partial charge in [-0.2, -0.15) is 0 Å². The Bertz CT molecular complexity index is 901. The van der Waals surface area contributed by atoms with Crippen LogP contribution in [0.3, 0.4) is 0 Å². The molecule has 0 aromatic carbocycles. The van der Waals surface area contributed by atoms with Crippen LogP contribution in [0.15, 0.2) is 30.7 Å². The van der Waals surface area contributed by atoms with E-state index in [1.165, 1.54) is 5.56 Å². The van der Waals surface area contributed by atoms with E-state index in [1.54, 1.807) is 13.4 Å². The van der Waals surface area contributed by atoms with Crippen molar-refractivity contribution >= 4 is 5.82 Å². The number of rotatable bonds is 4. The number of anilines is 1. The zero-order valence-electron chi connectivity index (χ0n) is 18.5. The molecule has 6 atom stereocenters. The molecule has 5 rings (SSSR count). The molecule has 31 heavy (non-hydrogen) atoms. The normalized spacial score (nSPS) is 33.2. The topological polar surface area (TPSA) is 84.4 Å². The smallest absolute Gasteiger partial charge is 0.213 e. The molecule has 1 aliphatic carbocycles. The van der Waals surface area contributed by atoms with Gasteiger partial charge in [-0.15, -0.1) is 0 Å². The van der Waals surface area contributed by atoms with E-state index >= 15 is 0 Å². The highest BCUT2D eigenvalue weighted by Gasteiger charge is 2.42. The van der Waals surface area contributed by atoms with Gasteiger partial charge in [0.2, 0.25) is 5.88 Å². The Morgan fingerprint density at radius 2 is 1.90 bits per heavy atom. The van der Waals surface area contributed by atoms with Gasteiger partial charge in [0, 0.05) is 37.5 Å². The van der Waals surface area contributed by atoms with Gasteiger partial charge in [0.1, 0.15) is 12.1 Å². The average Bonchev–Trinajstić information content (AvgIpc) is 3.22. The molecule has 4 heterocycles. The van der Waals surface area contributed by atoms with Crippen molar-refractivity contribution in [2.45, 2.75) is 63.3 Å². The Balaban J connectivity index is 1.35. The van der Waals surface area contributed by atoms with E-state index in [-0.39, 0.29) is 18.2 Å². The van der Waals surface area contributed by atoms with Crippen molar-refractivity contribution in [2.75, 3.05) is 25.1 Å². The van der Waals surface area contributed by atoms with Crippen molar-refractivity contribution in [1.29, 1.82) is 0 Å². The van der Waals surface area contributed by atoms with Gasteiger partial charge < -0.3 is 14.4 Å². The van der Waals surface area contributed by atoms with E-state index in [2.05, 4.69) is 62.8 Å². The highest BCUT2D eigenvalue weighted by atomic mass is 16.5. The molecule has 3 aliphatic rings. The molecule has 1 saturated carbocycles. The quantitative estimate of drug-likeness (QED) is 0.775. The number of ether oxygens (including phenoxy) is 2. The second-order valence-corrected chi connectivity index (χ2v) is 9.14. The second kappa shape index (κ2) is 8.68. The molecule has 2 aromatic heterocycles. The van der Waals surface area contributed by atoms with Crippen LogP contribution in [0.5, 0.6) is 5.88 Å². The molecule has 8 heteroatoms. The first-order valence-corrected chi connectivity index (χ1v) is 11.3. The maximum Gasteiger partial charge on any atom is 0.213 e. The molecule has 8 nitrogen and oxygen atoms in total. The predicted molar refractivity (Wildman–Crippen MR) is 118 cm³/mol. The van der Waals surface area contributed by atoms with Crippen LogP contribution in [-0.4, -0.2) is 53.4 Å². The van der Waals surface area contributed by atoms with E-state index in [0.717, 1.165) is 43.9 Å². The summed E-state index contributed by atoms with van der Waals surface area (Å²) in [6, 6.07) is 7.01. The van der Waals surface area contributed by atoms with E-state index < -0.39 is 0 Å². The summed E-state index contributed by atoms with van der Waals surface area (Å²) in [5, 5.41) is 0. The third-order valence-corrected chi connectivity index (χ3v) is 6.93. The highest BCUT2D eigenvalue weighted by Crippen LogP contribution is 2.44. The van der Waals surface area contributed by atoms with Gasteiger partial charge in [0.25, 0.3) is 0 Å². The first-order valence-electron chi connectivity index (χ1n) is 11.3. The van der Waals surface area contributed by atoms with Gasteiger partial charge in [0.05, 0.1) is 31.1 Å². The number of hydrogen-bond acceptors (Lipinski definition) is 8. The van der Waals surface area contributed by atoms with Gasteiger partial charge in [-0.25, -0.2) is 20.4 Å². The fraction of sp³-hybridized carbons (Fsp3) is 0.609. The number of pyridine rings is 1. The van der Waals surface area contributed by atoms with Crippen molar-refractivity contribution in [2.24, 2.45) is 5.92 Å². The van der Waals surface area contributed by atoms with Gasteiger partial charge >= 0.3 is 0 Å². The first kappa shape index (κ1) is 20.6. The molecular weight excluding hydrogens is 392 g/mol. The second-order valence-electron chi connectivity index (χ2n) is 9.14. The van der Waals surface area contributed by atoms with Crippen LogP contribution >= 0.6 is 0 Å². The van der Waals surface area contributed by atoms with Crippen LogP contribution in [0.2, 0.25) is 0 Å². The van der Waals surface area contributed by atoms with Crippen molar-refractivity contribution in [3.63, 3.8) is 0 Å². The number of methoxy groups -OCH3 is 1. The molecule has 0 bridgehead atoms. The third-order valence-electron chi connectivity index (χ3n) is 6.93. The highest BCUT2D eigenvalue weighted by molar-refractivity contribution is 5.41. The molecule has 166 valence electrons. The Hall–Kier alpha value is -2.29. The number of hydrogen-bond donors (Lipinski definition) is 2. The molecule has 3 fully saturated rings. The molecule has 0 radical (unpaired) electrons. The average molecular weight is 425 g/mol. The zero-order valence-corrected chi connectivity index (χ0v) is 18.5. The van der Waals surface area contributed by atoms with E-state index in [1.807, 2.05) is 6.20 Å². The summed E-state index contributed by atoms with van der Waals surface area (Å²) in [6.07, 6.45) is 7.37. The van der Waals surface area contributed by atoms with E-state index in [0.29, 0.717) is 23.8 Å². The minimum Gasteiger partial charge on any atom is -0.481 e. The summed E-state index contributed by atoms with van der Waals surface area (Å²) in [5.41, 5.74) is 9.45. The Morgan fingerprint density at radius 3 is 2.71 bits per heavy atom. The number of fused-ring (bicyclic) bond motifs is 1. The fourth-order valence-electron chi connectivity index (χ4n) is 5.51. The zero-order chi connectivity index (χ0) is 21.4. The number of nitrogens with one attached hydrogen (secondary N) is 2. The van der Waals surface area contributed by atoms with Crippen molar-refractivity contribution < 1.29 is 9.47 Å². The fourth-order valence-corrected chi connectivity index (χ4v) is 5.51. The summed E-state index contributed by atoms with van der Waals surface area (Å²) in [6.45, 7) is 5.95. The van der Waals surface area contributed by atoms with Gasteiger partial charge in [0.15, 0.2) is 0 Å². The van der Waals surface area contributed by atoms with Crippen LogP contribution in [0.1, 0.15) is 56.3 Å². The van der Waals surface area contributed by atoms with E-state index in [4.69, 9.17) is 9.47 Å². The summed E-state index contributed by atoms with van der Waals surface area (Å²) in [5.74, 6) is 2.66. The van der Waals surface area contributed by atoms with Crippen LogP contribution in [0.4, 0.5) is 5.82 Å². The molecule has 2 N–H and O–H groups in total. The number of morpholine rings is 1. The third kappa shape index (κ3) is 4.24. The summed E-state index contributed by atoms with van der Waals surface area (Å²) >= 11 is 0. The number of aromatic nitrogens is 3. The summed E-state index contributed by atoms with van der Waals surface area (Å²) < 4.78 is 11.2. The minimum atomic E-state index is 0.175. The summed E-state index contributed by atoms with van der Waals surface area (Å²) in [4.78, 5) is 15.8. The van der Waals surface area contributed by atoms with Crippen LogP contribution in [-0.2, 0) is 4.74 Å². The standard InChI is InChI=1S/C23H32N6O2/c1-14-11-29(12-15(2)31-14)21-10-20(25-13-26-21)23-18-8-16(4-5-19(18)27-28-23)17-6-7-24-22(9-17)30-3/h6-7,9-10,13-16,18-19,23,27-28H,4-5,8,11-12H2,1-3H3/t14-,15+,16?,18?,19?,23?. The van der Waals surface area contributed by atoms with Crippen LogP contribution < -0.4 is 20.5 Å². The van der Waals surface area contributed by atoms with Crippen molar-refractivity contribution in [1.82, 2.24) is 25.8 Å². The first-order chi connectivity index (χ1) is 15.1. The molecular formula is C23H32N6O2. The van der Waals surface area contributed by atoms with Gasteiger partial charge in [-0.05, 0) is 56.6 Å². The lowest BCUT2D eigenvalue weighted by atomic mass is 9.73. The SMILES string of the molecule is COc1cc(C2CCC3NNC(c4cc(N5C[C@@H](C)O[C@@H](C)C5)ncn4)C3C2)ccn1. The van der Waals surface area contributed by atoms with Crippen molar-refractivity contribution in [3.8, 4) is 5.88 Å². The maximum atomic E-state index is 5.89. The minimum absolute atomic E-state index is 0.175. The lowest BCUT2D eigenvalue weighted by Crippen LogP contribution is -2.46. The maximum absolute atomic E-state index is 5.89. The monoisotopic (exact) mass is 424 g/mol. The summed E-state index contributed by atoms with van der Waals surface area (Å²) in [7, 11) is 1.67. The molecule has 4 unspecified atom stereocenters. The lowest BCUT2D eigenvalue weighted by Gasteiger charge is -2.36. The van der Waals surface area contributed by atoms with Gasteiger partial charge in [-0.1, -0.05) is 0 Å². The molecule has 2 aliphatic heterocycles. The Kier molecular flexibility index (Phi) is 5.77. The molecule has 2 aromatic rings. The Morgan fingerprint density at radius 1 is 1.06 bits per heavy atom.